The molecule has 0 bridgehead atoms. The second kappa shape index (κ2) is 8.02. The van der Waals surface area contributed by atoms with Gasteiger partial charge in [0.25, 0.3) is 0 Å². The third-order valence-electron chi connectivity index (χ3n) is 5.89. The molecule has 144 valence electrons. The van der Waals surface area contributed by atoms with Crippen molar-refractivity contribution in [3.63, 3.8) is 0 Å². The van der Waals surface area contributed by atoms with Crippen LogP contribution in [0.1, 0.15) is 48.3 Å². The SMILES string of the molecule is N#Cc1ccc(N2CCCC(NC(=O)CC3CCc4ccccc43)C2)c(F)c1. The van der Waals surface area contributed by atoms with E-state index in [1.54, 1.807) is 12.1 Å². The lowest BCUT2D eigenvalue weighted by molar-refractivity contribution is -0.122. The molecule has 1 heterocycles. The zero-order valence-corrected chi connectivity index (χ0v) is 15.8. The van der Waals surface area contributed by atoms with E-state index in [1.807, 2.05) is 17.0 Å². The Morgan fingerprint density at radius 1 is 1.25 bits per heavy atom. The van der Waals surface area contributed by atoms with Crippen LogP contribution >= 0.6 is 0 Å². The third kappa shape index (κ3) is 3.87. The van der Waals surface area contributed by atoms with Gasteiger partial charge < -0.3 is 10.2 Å². The number of benzene rings is 2. The second-order valence-corrected chi connectivity index (χ2v) is 7.77. The molecular formula is C23H24FN3O. The zero-order valence-electron chi connectivity index (χ0n) is 15.8. The summed E-state index contributed by atoms with van der Waals surface area (Å²) in [5.41, 5.74) is 3.49. The quantitative estimate of drug-likeness (QED) is 0.879. The minimum absolute atomic E-state index is 0.0212. The summed E-state index contributed by atoms with van der Waals surface area (Å²) in [7, 11) is 0. The highest BCUT2D eigenvalue weighted by molar-refractivity contribution is 5.77. The molecule has 2 aromatic rings. The first-order valence-electron chi connectivity index (χ1n) is 9.96. The molecule has 1 N–H and O–H groups in total. The van der Waals surface area contributed by atoms with Crippen LogP contribution in [0.3, 0.4) is 0 Å². The van der Waals surface area contributed by atoms with Gasteiger partial charge in [0.2, 0.25) is 5.91 Å². The summed E-state index contributed by atoms with van der Waals surface area (Å²) < 4.78 is 14.3. The van der Waals surface area contributed by atoms with Gasteiger partial charge in [0, 0.05) is 25.6 Å². The van der Waals surface area contributed by atoms with Crippen molar-refractivity contribution in [1.82, 2.24) is 5.32 Å². The molecule has 28 heavy (non-hydrogen) atoms. The van der Waals surface area contributed by atoms with Crippen LogP contribution in [0.15, 0.2) is 42.5 Å². The minimum Gasteiger partial charge on any atom is -0.367 e. The van der Waals surface area contributed by atoms with Crippen LogP contribution in [0, 0.1) is 17.1 Å². The summed E-state index contributed by atoms with van der Waals surface area (Å²) in [5, 5.41) is 12.1. The molecule has 0 saturated carbocycles. The van der Waals surface area contributed by atoms with E-state index in [4.69, 9.17) is 5.26 Å². The molecule has 0 radical (unpaired) electrons. The van der Waals surface area contributed by atoms with Crippen molar-refractivity contribution >= 4 is 11.6 Å². The van der Waals surface area contributed by atoms with Crippen molar-refractivity contribution in [3.05, 3.63) is 65.0 Å². The maximum Gasteiger partial charge on any atom is 0.220 e. The maximum absolute atomic E-state index is 14.3. The van der Waals surface area contributed by atoms with Gasteiger partial charge in [-0.25, -0.2) is 4.39 Å². The zero-order chi connectivity index (χ0) is 19.5. The van der Waals surface area contributed by atoms with Crippen molar-refractivity contribution in [2.75, 3.05) is 18.0 Å². The molecule has 2 atom stereocenters. The number of piperidine rings is 1. The number of amides is 1. The van der Waals surface area contributed by atoms with Crippen LogP contribution in [-0.4, -0.2) is 25.0 Å². The Balaban J connectivity index is 1.36. The summed E-state index contributed by atoms with van der Waals surface area (Å²) in [5.74, 6) is -0.00527. The smallest absolute Gasteiger partial charge is 0.220 e. The lowest BCUT2D eigenvalue weighted by atomic mass is 9.97. The van der Waals surface area contributed by atoms with Gasteiger partial charge in [-0.1, -0.05) is 24.3 Å². The summed E-state index contributed by atoms with van der Waals surface area (Å²) in [6.45, 7) is 1.35. The van der Waals surface area contributed by atoms with E-state index in [2.05, 4.69) is 23.5 Å². The highest BCUT2D eigenvalue weighted by atomic mass is 19.1. The van der Waals surface area contributed by atoms with Crippen LogP contribution in [-0.2, 0) is 11.2 Å². The topological polar surface area (TPSA) is 56.1 Å². The van der Waals surface area contributed by atoms with Crippen LogP contribution in [0.25, 0.3) is 0 Å². The van der Waals surface area contributed by atoms with Gasteiger partial charge in [0.05, 0.1) is 17.3 Å². The first kappa shape index (κ1) is 18.5. The summed E-state index contributed by atoms with van der Waals surface area (Å²) >= 11 is 0. The van der Waals surface area contributed by atoms with E-state index in [0.717, 1.165) is 32.2 Å². The number of carbonyl (C=O) groups is 1. The number of rotatable bonds is 4. The van der Waals surface area contributed by atoms with Gasteiger partial charge in [0.1, 0.15) is 5.82 Å². The van der Waals surface area contributed by atoms with Crippen LogP contribution in [0.2, 0.25) is 0 Å². The molecule has 4 nitrogen and oxygen atoms in total. The number of nitriles is 1. The van der Waals surface area contributed by atoms with E-state index in [0.29, 0.717) is 30.1 Å². The Hall–Kier alpha value is -2.87. The molecule has 4 rings (SSSR count). The number of aryl methyl sites for hydroxylation is 1. The fraction of sp³-hybridized carbons (Fsp3) is 0.391. The average Bonchev–Trinajstić information content (AvgIpc) is 3.11. The summed E-state index contributed by atoms with van der Waals surface area (Å²) in [6, 6.07) is 14.9. The predicted molar refractivity (Wildman–Crippen MR) is 107 cm³/mol. The van der Waals surface area contributed by atoms with E-state index < -0.39 is 0 Å². The standard InChI is InChI=1S/C23H24FN3O/c24-21-12-16(14-25)7-10-22(21)27-11-3-5-19(15-27)26-23(28)13-18-9-8-17-4-1-2-6-20(17)18/h1-2,4,6-7,10,12,18-19H,3,5,8-9,11,13,15H2,(H,26,28). The number of fused-ring (bicyclic) bond motifs is 1. The van der Waals surface area contributed by atoms with Gasteiger partial charge in [-0.2, -0.15) is 5.26 Å². The average molecular weight is 377 g/mol. The third-order valence-corrected chi connectivity index (χ3v) is 5.89. The minimum atomic E-state index is -0.381. The lowest BCUT2D eigenvalue weighted by Gasteiger charge is -2.35. The van der Waals surface area contributed by atoms with Gasteiger partial charge in [-0.15, -0.1) is 0 Å². The Morgan fingerprint density at radius 3 is 2.93 bits per heavy atom. The lowest BCUT2D eigenvalue weighted by Crippen LogP contribution is -2.48. The van der Waals surface area contributed by atoms with E-state index in [1.165, 1.54) is 17.2 Å². The highest BCUT2D eigenvalue weighted by Crippen LogP contribution is 2.35. The number of hydrogen-bond acceptors (Lipinski definition) is 3. The largest absolute Gasteiger partial charge is 0.367 e. The predicted octanol–water partition coefficient (Wildman–Crippen LogP) is 3.90. The highest BCUT2D eigenvalue weighted by Gasteiger charge is 2.27. The molecule has 0 spiro atoms. The van der Waals surface area contributed by atoms with Gasteiger partial charge in [0.15, 0.2) is 0 Å². The fourth-order valence-corrected chi connectivity index (χ4v) is 4.51. The normalized spacial score (nSPS) is 21.1. The number of anilines is 1. The van der Waals surface area contributed by atoms with Gasteiger partial charge in [-0.05, 0) is 60.9 Å². The van der Waals surface area contributed by atoms with E-state index >= 15 is 0 Å². The van der Waals surface area contributed by atoms with Crippen molar-refractivity contribution in [1.29, 1.82) is 5.26 Å². The molecule has 1 aliphatic carbocycles. The molecule has 1 fully saturated rings. The molecule has 2 aliphatic rings. The molecule has 1 saturated heterocycles. The van der Waals surface area contributed by atoms with Crippen LogP contribution < -0.4 is 10.2 Å². The van der Waals surface area contributed by atoms with E-state index in [9.17, 15) is 9.18 Å². The Morgan fingerprint density at radius 2 is 2.11 bits per heavy atom. The maximum atomic E-state index is 14.3. The van der Waals surface area contributed by atoms with Crippen molar-refractivity contribution in [3.8, 4) is 6.07 Å². The molecule has 5 heteroatoms. The summed E-state index contributed by atoms with van der Waals surface area (Å²) in [6.07, 6.45) is 4.39. The Kier molecular flexibility index (Phi) is 5.29. The van der Waals surface area contributed by atoms with Gasteiger partial charge >= 0.3 is 0 Å². The number of carbonyl (C=O) groups excluding carboxylic acids is 1. The molecule has 2 aromatic carbocycles. The Bertz CT molecular complexity index is 920. The van der Waals surface area contributed by atoms with Gasteiger partial charge in [-0.3, -0.25) is 4.79 Å². The molecular weight excluding hydrogens is 353 g/mol. The Labute approximate surface area is 165 Å². The van der Waals surface area contributed by atoms with Crippen molar-refractivity contribution < 1.29 is 9.18 Å². The molecule has 2 unspecified atom stereocenters. The number of hydrogen-bond donors (Lipinski definition) is 1. The fourth-order valence-electron chi connectivity index (χ4n) is 4.51. The second-order valence-electron chi connectivity index (χ2n) is 7.77. The summed E-state index contributed by atoms with van der Waals surface area (Å²) in [4.78, 5) is 14.6. The van der Waals surface area contributed by atoms with Crippen LogP contribution in [0.4, 0.5) is 10.1 Å². The molecule has 1 aliphatic heterocycles. The molecule has 1 amide bonds. The number of halogens is 1. The van der Waals surface area contributed by atoms with Crippen molar-refractivity contribution in [2.24, 2.45) is 0 Å². The number of nitrogens with zero attached hydrogens (tertiary/aromatic N) is 2. The monoisotopic (exact) mass is 377 g/mol. The van der Waals surface area contributed by atoms with Crippen molar-refractivity contribution in [2.45, 2.75) is 44.1 Å². The number of nitrogens with one attached hydrogen (secondary N) is 1. The van der Waals surface area contributed by atoms with E-state index in [-0.39, 0.29) is 17.8 Å². The first-order chi connectivity index (χ1) is 13.6. The first-order valence-corrected chi connectivity index (χ1v) is 9.96. The molecule has 0 aromatic heterocycles. The van der Waals surface area contributed by atoms with Crippen LogP contribution in [0.5, 0.6) is 0 Å².